The maximum atomic E-state index is 5.11. The molecule has 2 heteroatoms. The Kier molecular flexibility index (Phi) is 2.09. The summed E-state index contributed by atoms with van der Waals surface area (Å²) < 4.78 is 5.11. The summed E-state index contributed by atoms with van der Waals surface area (Å²) in [5.41, 5.74) is 0. The predicted octanol–water partition coefficient (Wildman–Crippen LogP) is 0.725. The maximum absolute atomic E-state index is 5.11. The van der Waals surface area contributed by atoms with E-state index in [0.29, 0.717) is 6.10 Å². The molecule has 0 spiro atoms. The Hall–Kier alpha value is -0.0800. The largest absolute Gasteiger partial charge is 0.380 e. The average molecular weight is 129 g/mol. The minimum Gasteiger partial charge on any atom is -0.380 e. The van der Waals surface area contributed by atoms with Crippen LogP contribution in [-0.4, -0.2) is 37.2 Å². The van der Waals surface area contributed by atoms with Gasteiger partial charge in [0.15, 0.2) is 0 Å². The van der Waals surface area contributed by atoms with Gasteiger partial charge in [0.25, 0.3) is 0 Å². The third-order valence-electron chi connectivity index (χ3n) is 1.88. The molecule has 2 nitrogen and oxygen atoms in total. The van der Waals surface area contributed by atoms with Gasteiger partial charge in [-0.3, -0.25) is 4.90 Å². The van der Waals surface area contributed by atoms with E-state index in [-0.39, 0.29) is 0 Å². The number of rotatable bonds is 3. The summed E-state index contributed by atoms with van der Waals surface area (Å²) in [5, 5.41) is 0. The van der Waals surface area contributed by atoms with Crippen molar-refractivity contribution >= 4 is 0 Å². The molecule has 3 unspecified atom stereocenters. The fourth-order valence-corrected chi connectivity index (χ4v) is 0.952. The van der Waals surface area contributed by atoms with E-state index in [9.17, 15) is 0 Å². The SMILES string of the molecule is COC(C)CN1CC1C. The lowest BCUT2D eigenvalue weighted by Gasteiger charge is -2.08. The number of hydrogen-bond acceptors (Lipinski definition) is 2. The average Bonchev–Trinajstić information content (AvgIpc) is 2.47. The summed E-state index contributed by atoms with van der Waals surface area (Å²) in [7, 11) is 1.76. The minimum absolute atomic E-state index is 0.398. The van der Waals surface area contributed by atoms with E-state index in [4.69, 9.17) is 4.74 Å². The van der Waals surface area contributed by atoms with Crippen molar-refractivity contribution in [3.63, 3.8) is 0 Å². The highest BCUT2D eigenvalue weighted by molar-refractivity contribution is 4.85. The summed E-state index contributed by atoms with van der Waals surface area (Å²) in [6.07, 6.45) is 0.398. The van der Waals surface area contributed by atoms with E-state index in [1.807, 2.05) is 0 Å². The number of ether oxygens (including phenoxy) is 1. The first-order valence-electron chi connectivity index (χ1n) is 3.51. The van der Waals surface area contributed by atoms with E-state index < -0.39 is 0 Å². The van der Waals surface area contributed by atoms with Gasteiger partial charge in [-0.15, -0.1) is 0 Å². The second kappa shape index (κ2) is 2.67. The molecular formula is C7H15NO. The zero-order chi connectivity index (χ0) is 6.85. The van der Waals surface area contributed by atoms with E-state index in [1.165, 1.54) is 6.54 Å². The molecule has 0 aliphatic carbocycles. The lowest BCUT2D eigenvalue weighted by atomic mass is 10.4. The van der Waals surface area contributed by atoms with Gasteiger partial charge in [-0.25, -0.2) is 0 Å². The van der Waals surface area contributed by atoms with Crippen LogP contribution in [0, 0.1) is 0 Å². The summed E-state index contributed by atoms with van der Waals surface area (Å²) in [4.78, 5) is 2.40. The Morgan fingerprint density at radius 1 is 1.78 bits per heavy atom. The van der Waals surface area contributed by atoms with Crippen molar-refractivity contribution in [2.24, 2.45) is 0 Å². The van der Waals surface area contributed by atoms with Crippen LogP contribution < -0.4 is 0 Å². The quantitative estimate of drug-likeness (QED) is 0.521. The third kappa shape index (κ3) is 1.95. The van der Waals surface area contributed by atoms with Crippen LogP contribution in [0.5, 0.6) is 0 Å². The zero-order valence-corrected chi connectivity index (χ0v) is 6.42. The highest BCUT2D eigenvalue weighted by atomic mass is 16.5. The first-order valence-corrected chi connectivity index (χ1v) is 3.51. The van der Waals surface area contributed by atoms with Crippen LogP contribution in [0.1, 0.15) is 13.8 Å². The zero-order valence-electron chi connectivity index (χ0n) is 6.42. The lowest BCUT2D eigenvalue weighted by Crippen LogP contribution is -2.18. The molecule has 0 radical (unpaired) electrons. The van der Waals surface area contributed by atoms with Gasteiger partial charge in [-0.2, -0.15) is 0 Å². The van der Waals surface area contributed by atoms with Crippen molar-refractivity contribution in [3.05, 3.63) is 0 Å². The normalized spacial score (nSPS) is 36.3. The van der Waals surface area contributed by atoms with Gasteiger partial charge in [0.2, 0.25) is 0 Å². The Morgan fingerprint density at radius 2 is 2.33 bits per heavy atom. The van der Waals surface area contributed by atoms with Crippen LogP contribution in [0.15, 0.2) is 0 Å². The van der Waals surface area contributed by atoms with E-state index in [2.05, 4.69) is 18.7 Å². The van der Waals surface area contributed by atoms with Crippen molar-refractivity contribution in [1.29, 1.82) is 0 Å². The summed E-state index contributed by atoms with van der Waals surface area (Å²) in [5.74, 6) is 0. The Morgan fingerprint density at radius 3 is 2.67 bits per heavy atom. The molecule has 0 bridgehead atoms. The van der Waals surface area contributed by atoms with Crippen molar-refractivity contribution in [3.8, 4) is 0 Å². The molecule has 3 atom stereocenters. The highest BCUT2D eigenvalue weighted by Crippen LogP contribution is 2.16. The molecule has 9 heavy (non-hydrogen) atoms. The Labute approximate surface area is 56.8 Å². The second-order valence-corrected chi connectivity index (χ2v) is 2.85. The van der Waals surface area contributed by atoms with Crippen molar-refractivity contribution in [1.82, 2.24) is 4.90 Å². The van der Waals surface area contributed by atoms with Gasteiger partial charge >= 0.3 is 0 Å². The van der Waals surface area contributed by atoms with Crippen molar-refractivity contribution < 1.29 is 4.74 Å². The molecule has 0 saturated carbocycles. The molecule has 0 aromatic heterocycles. The first kappa shape index (κ1) is 7.03. The first-order chi connectivity index (χ1) is 4.24. The Balaban J connectivity index is 2.05. The lowest BCUT2D eigenvalue weighted by molar-refractivity contribution is 0.103. The fourth-order valence-electron chi connectivity index (χ4n) is 0.952. The van der Waals surface area contributed by atoms with Gasteiger partial charge in [0.1, 0.15) is 0 Å². The third-order valence-corrected chi connectivity index (χ3v) is 1.88. The molecule has 1 heterocycles. The van der Waals surface area contributed by atoms with Crippen molar-refractivity contribution in [2.75, 3.05) is 20.2 Å². The number of nitrogens with zero attached hydrogens (tertiary/aromatic N) is 1. The smallest absolute Gasteiger partial charge is 0.0670 e. The second-order valence-electron chi connectivity index (χ2n) is 2.85. The topological polar surface area (TPSA) is 12.2 Å². The summed E-state index contributed by atoms with van der Waals surface area (Å²) >= 11 is 0. The molecule has 0 N–H and O–H groups in total. The van der Waals surface area contributed by atoms with Crippen LogP contribution >= 0.6 is 0 Å². The van der Waals surface area contributed by atoms with E-state index in [0.717, 1.165) is 12.6 Å². The fraction of sp³-hybridized carbons (Fsp3) is 1.00. The molecule has 0 aromatic rings. The predicted molar refractivity (Wildman–Crippen MR) is 37.5 cm³/mol. The minimum atomic E-state index is 0.398. The molecular weight excluding hydrogens is 114 g/mol. The highest BCUT2D eigenvalue weighted by Gasteiger charge is 2.29. The molecule has 1 fully saturated rings. The van der Waals surface area contributed by atoms with Gasteiger partial charge in [-0.05, 0) is 13.8 Å². The van der Waals surface area contributed by atoms with Crippen LogP contribution in [-0.2, 0) is 4.74 Å². The van der Waals surface area contributed by atoms with Gasteiger partial charge in [0, 0.05) is 26.2 Å². The monoisotopic (exact) mass is 129 g/mol. The van der Waals surface area contributed by atoms with Crippen LogP contribution in [0.25, 0.3) is 0 Å². The molecule has 54 valence electrons. The molecule has 0 aromatic carbocycles. The van der Waals surface area contributed by atoms with E-state index in [1.54, 1.807) is 7.11 Å². The van der Waals surface area contributed by atoms with Crippen LogP contribution in [0.2, 0.25) is 0 Å². The number of methoxy groups -OCH3 is 1. The van der Waals surface area contributed by atoms with Gasteiger partial charge in [-0.1, -0.05) is 0 Å². The molecule has 1 aliphatic rings. The number of hydrogen-bond donors (Lipinski definition) is 0. The molecule has 1 aliphatic heterocycles. The maximum Gasteiger partial charge on any atom is 0.0670 e. The molecule has 1 saturated heterocycles. The summed E-state index contributed by atoms with van der Waals surface area (Å²) in [6, 6.07) is 0.808. The van der Waals surface area contributed by atoms with Gasteiger partial charge < -0.3 is 4.74 Å². The Bertz CT molecular complexity index is 92.9. The van der Waals surface area contributed by atoms with Crippen LogP contribution in [0.3, 0.4) is 0 Å². The molecule has 0 amide bonds. The standard InChI is InChI=1S/C7H15NO/c1-6-4-8(6)5-7(2)9-3/h6-7H,4-5H2,1-3H3. The molecule has 1 rings (SSSR count). The van der Waals surface area contributed by atoms with Crippen LogP contribution in [0.4, 0.5) is 0 Å². The van der Waals surface area contributed by atoms with Crippen molar-refractivity contribution in [2.45, 2.75) is 26.0 Å². The van der Waals surface area contributed by atoms with E-state index >= 15 is 0 Å². The van der Waals surface area contributed by atoms with Gasteiger partial charge in [0.05, 0.1) is 6.10 Å². The summed E-state index contributed by atoms with van der Waals surface area (Å²) in [6.45, 7) is 6.69.